The predicted molar refractivity (Wildman–Crippen MR) is 86.3 cm³/mol. The minimum absolute atomic E-state index is 0.147. The summed E-state index contributed by atoms with van der Waals surface area (Å²) in [4.78, 5) is 11.3. The first-order chi connectivity index (χ1) is 10.1. The Hall–Kier alpha value is -1.77. The molecule has 2 aromatic rings. The molecule has 0 fully saturated rings. The highest BCUT2D eigenvalue weighted by atomic mass is 16.5. The van der Waals surface area contributed by atoms with Crippen LogP contribution in [0.15, 0.2) is 30.5 Å². The van der Waals surface area contributed by atoms with E-state index in [2.05, 4.69) is 48.9 Å². The van der Waals surface area contributed by atoms with Gasteiger partial charge in [0.1, 0.15) is 0 Å². The second-order valence-corrected chi connectivity index (χ2v) is 5.98. The van der Waals surface area contributed by atoms with Crippen molar-refractivity contribution in [2.24, 2.45) is 5.92 Å². The molecule has 0 N–H and O–H groups in total. The number of benzene rings is 1. The molecule has 1 heterocycles. The number of hydrogen-bond donors (Lipinski definition) is 0. The van der Waals surface area contributed by atoms with E-state index in [9.17, 15) is 4.79 Å². The Morgan fingerprint density at radius 1 is 1.29 bits per heavy atom. The highest BCUT2D eigenvalue weighted by Crippen LogP contribution is 2.23. The average molecular weight is 287 g/mol. The van der Waals surface area contributed by atoms with Crippen molar-refractivity contribution in [2.75, 3.05) is 7.11 Å². The van der Waals surface area contributed by atoms with Crippen LogP contribution in [0, 0.1) is 5.92 Å². The van der Waals surface area contributed by atoms with Crippen LogP contribution in [-0.2, 0) is 22.5 Å². The zero-order valence-electron chi connectivity index (χ0n) is 13.3. The normalized spacial score (nSPS) is 11.2. The summed E-state index contributed by atoms with van der Waals surface area (Å²) in [5, 5.41) is 1.26. The van der Waals surface area contributed by atoms with Gasteiger partial charge in [0.15, 0.2) is 0 Å². The number of ether oxygens (including phenoxy) is 1. The Kier molecular flexibility index (Phi) is 5.43. The van der Waals surface area contributed by atoms with Gasteiger partial charge >= 0.3 is 5.97 Å². The molecular formula is C18H25NO2. The zero-order chi connectivity index (χ0) is 15.2. The van der Waals surface area contributed by atoms with Gasteiger partial charge in [-0.3, -0.25) is 4.79 Å². The van der Waals surface area contributed by atoms with E-state index in [1.807, 2.05) is 0 Å². The highest BCUT2D eigenvalue weighted by molar-refractivity contribution is 5.84. The van der Waals surface area contributed by atoms with E-state index in [0.29, 0.717) is 6.42 Å². The van der Waals surface area contributed by atoms with Crippen molar-refractivity contribution in [2.45, 2.75) is 46.1 Å². The molecule has 0 atom stereocenters. The van der Waals surface area contributed by atoms with Crippen LogP contribution in [0.2, 0.25) is 0 Å². The molecule has 0 aliphatic carbocycles. The second-order valence-electron chi connectivity index (χ2n) is 5.98. The first-order valence-corrected chi connectivity index (χ1v) is 7.75. The molecular weight excluding hydrogens is 262 g/mol. The third-order valence-corrected chi connectivity index (χ3v) is 3.88. The van der Waals surface area contributed by atoms with E-state index in [-0.39, 0.29) is 5.97 Å². The van der Waals surface area contributed by atoms with Crippen molar-refractivity contribution in [1.29, 1.82) is 0 Å². The zero-order valence-corrected chi connectivity index (χ0v) is 13.3. The van der Waals surface area contributed by atoms with Crippen molar-refractivity contribution >= 4 is 16.9 Å². The molecule has 0 saturated carbocycles. The summed E-state index contributed by atoms with van der Waals surface area (Å²) in [5.41, 5.74) is 2.50. The number of fused-ring (bicyclic) bond motifs is 1. The van der Waals surface area contributed by atoms with E-state index < -0.39 is 0 Å². The monoisotopic (exact) mass is 287 g/mol. The van der Waals surface area contributed by atoms with Gasteiger partial charge in [-0.05, 0) is 36.8 Å². The lowest BCUT2D eigenvalue weighted by molar-refractivity contribution is -0.140. The fraction of sp³-hybridized carbons (Fsp3) is 0.500. The number of aromatic nitrogens is 1. The van der Waals surface area contributed by atoms with E-state index in [1.165, 1.54) is 36.4 Å². The van der Waals surface area contributed by atoms with Crippen LogP contribution in [0.3, 0.4) is 0 Å². The molecule has 1 aromatic carbocycles. The lowest BCUT2D eigenvalue weighted by atomic mass is 10.1. The number of hydrogen-bond acceptors (Lipinski definition) is 2. The average Bonchev–Trinajstić information content (AvgIpc) is 2.83. The lowest BCUT2D eigenvalue weighted by Gasteiger charge is -2.07. The molecule has 0 amide bonds. The molecule has 0 bridgehead atoms. The Morgan fingerprint density at radius 2 is 2.05 bits per heavy atom. The summed E-state index contributed by atoms with van der Waals surface area (Å²) < 4.78 is 7.06. The van der Waals surface area contributed by atoms with Gasteiger partial charge in [0.25, 0.3) is 0 Å². The van der Waals surface area contributed by atoms with Gasteiger partial charge in [-0.1, -0.05) is 32.0 Å². The SMILES string of the molecule is COC(=O)CCc1cn(CCCC(C)C)c2ccccc12. The minimum atomic E-state index is -0.147. The van der Waals surface area contributed by atoms with E-state index in [0.717, 1.165) is 18.9 Å². The van der Waals surface area contributed by atoms with Crippen LogP contribution in [0.4, 0.5) is 0 Å². The Balaban J connectivity index is 2.15. The summed E-state index contributed by atoms with van der Waals surface area (Å²) in [6, 6.07) is 8.43. The molecule has 0 unspecified atom stereocenters. The number of rotatable bonds is 7. The highest BCUT2D eigenvalue weighted by Gasteiger charge is 2.10. The van der Waals surface area contributed by atoms with Crippen LogP contribution < -0.4 is 0 Å². The van der Waals surface area contributed by atoms with Gasteiger partial charge in [0.2, 0.25) is 0 Å². The standard InChI is InChI=1S/C18H25NO2/c1-14(2)7-6-12-19-13-15(10-11-18(20)21-3)16-8-4-5-9-17(16)19/h4-5,8-9,13-14H,6-7,10-12H2,1-3H3. The fourth-order valence-electron chi connectivity index (χ4n) is 2.72. The molecule has 3 heteroatoms. The maximum absolute atomic E-state index is 11.3. The van der Waals surface area contributed by atoms with Gasteiger partial charge in [0.05, 0.1) is 7.11 Å². The third kappa shape index (κ3) is 4.10. The smallest absolute Gasteiger partial charge is 0.305 e. The number of para-hydroxylation sites is 1. The van der Waals surface area contributed by atoms with Gasteiger partial charge in [0, 0.05) is 30.1 Å². The number of carbonyl (C=O) groups is 1. The lowest BCUT2D eigenvalue weighted by Crippen LogP contribution is -2.01. The van der Waals surface area contributed by atoms with Gasteiger partial charge in [-0.15, -0.1) is 0 Å². The number of esters is 1. The van der Waals surface area contributed by atoms with E-state index in [4.69, 9.17) is 4.74 Å². The van der Waals surface area contributed by atoms with E-state index >= 15 is 0 Å². The molecule has 0 aliphatic heterocycles. The van der Waals surface area contributed by atoms with Crippen molar-refractivity contribution < 1.29 is 9.53 Å². The molecule has 114 valence electrons. The number of nitrogens with zero attached hydrogens (tertiary/aromatic N) is 1. The third-order valence-electron chi connectivity index (χ3n) is 3.88. The largest absolute Gasteiger partial charge is 0.469 e. The Morgan fingerprint density at radius 3 is 2.76 bits per heavy atom. The predicted octanol–water partition coefficient (Wildman–Crippen LogP) is 4.18. The molecule has 0 aliphatic rings. The van der Waals surface area contributed by atoms with E-state index in [1.54, 1.807) is 0 Å². The van der Waals surface area contributed by atoms with Gasteiger partial charge in [-0.2, -0.15) is 0 Å². The van der Waals surface area contributed by atoms with Crippen molar-refractivity contribution in [3.05, 3.63) is 36.0 Å². The van der Waals surface area contributed by atoms with Crippen LogP contribution in [-0.4, -0.2) is 17.6 Å². The summed E-state index contributed by atoms with van der Waals surface area (Å²) in [7, 11) is 1.44. The molecule has 3 nitrogen and oxygen atoms in total. The minimum Gasteiger partial charge on any atom is -0.469 e. The molecule has 21 heavy (non-hydrogen) atoms. The first-order valence-electron chi connectivity index (χ1n) is 7.75. The summed E-state index contributed by atoms with van der Waals surface area (Å²) in [6.07, 6.45) is 5.81. The molecule has 1 aromatic heterocycles. The molecule has 0 radical (unpaired) electrons. The maximum atomic E-state index is 11.3. The van der Waals surface area contributed by atoms with Crippen LogP contribution in [0.5, 0.6) is 0 Å². The van der Waals surface area contributed by atoms with Crippen molar-refractivity contribution in [1.82, 2.24) is 4.57 Å². The molecule has 0 saturated heterocycles. The molecule has 0 spiro atoms. The second kappa shape index (κ2) is 7.30. The maximum Gasteiger partial charge on any atom is 0.305 e. The van der Waals surface area contributed by atoms with Gasteiger partial charge < -0.3 is 9.30 Å². The summed E-state index contributed by atoms with van der Waals surface area (Å²) >= 11 is 0. The molecule has 2 rings (SSSR count). The van der Waals surface area contributed by atoms with Crippen molar-refractivity contribution in [3.8, 4) is 0 Å². The number of methoxy groups -OCH3 is 1. The summed E-state index contributed by atoms with van der Waals surface area (Å²) in [5.74, 6) is 0.595. The van der Waals surface area contributed by atoms with Crippen LogP contribution >= 0.6 is 0 Å². The Labute approximate surface area is 126 Å². The summed E-state index contributed by atoms with van der Waals surface area (Å²) in [6.45, 7) is 5.56. The number of aryl methyl sites for hydroxylation is 2. The van der Waals surface area contributed by atoms with Gasteiger partial charge in [-0.25, -0.2) is 0 Å². The quantitative estimate of drug-likeness (QED) is 0.715. The Bertz CT molecular complexity index is 598. The van der Waals surface area contributed by atoms with Crippen molar-refractivity contribution in [3.63, 3.8) is 0 Å². The fourth-order valence-corrected chi connectivity index (χ4v) is 2.72. The van der Waals surface area contributed by atoms with Crippen LogP contribution in [0.1, 0.15) is 38.7 Å². The topological polar surface area (TPSA) is 31.2 Å². The number of carbonyl (C=O) groups excluding carboxylic acids is 1. The first kappa shape index (κ1) is 15.6. The van der Waals surface area contributed by atoms with Crippen LogP contribution in [0.25, 0.3) is 10.9 Å².